The van der Waals surface area contributed by atoms with Gasteiger partial charge in [0.15, 0.2) is 6.61 Å². The Balaban J connectivity index is 1.53. The third-order valence-corrected chi connectivity index (χ3v) is 3.99. The minimum atomic E-state index is -0.406. The van der Waals surface area contributed by atoms with E-state index in [4.69, 9.17) is 13.9 Å². The van der Waals surface area contributed by atoms with E-state index in [1.54, 1.807) is 19.1 Å². The van der Waals surface area contributed by atoms with Crippen LogP contribution in [-0.2, 0) is 22.6 Å². The molecule has 0 unspecified atom stereocenters. The summed E-state index contributed by atoms with van der Waals surface area (Å²) in [7, 11) is 0. The number of ether oxygens (including phenoxy) is 2. The van der Waals surface area contributed by atoms with E-state index in [9.17, 15) is 4.79 Å². The zero-order chi connectivity index (χ0) is 17.8. The van der Waals surface area contributed by atoms with E-state index >= 15 is 0 Å². The highest BCUT2D eigenvalue weighted by Crippen LogP contribution is 2.15. The van der Waals surface area contributed by atoms with E-state index in [-0.39, 0.29) is 24.7 Å². The second-order valence-electron chi connectivity index (χ2n) is 6.44. The monoisotopic (exact) mass is 345 g/mol. The van der Waals surface area contributed by atoms with E-state index < -0.39 is 5.97 Å². The molecular weight excluding hydrogens is 322 g/mol. The lowest BCUT2D eigenvalue weighted by molar-refractivity contribution is -0.0704. The summed E-state index contributed by atoms with van der Waals surface area (Å²) in [4.78, 5) is 14.4. The summed E-state index contributed by atoms with van der Waals surface area (Å²) >= 11 is 0. The molecule has 7 heteroatoms. The standard InChI is InChI=1S/C18H23N3O4/c1-12-8-21(9-13(2)24-12)10-15-4-6-16(7-5-15)18(22)23-11-17-20-19-14(3)25-17/h4-7,12-13H,8-11H2,1-3H3/t12-,13-/m1/s1. The van der Waals surface area contributed by atoms with Gasteiger partial charge in [0, 0.05) is 26.6 Å². The number of carbonyl (C=O) groups is 1. The highest BCUT2D eigenvalue weighted by atomic mass is 16.5. The smallest absolute Gasteiger partial charge is 0.338 e. The second kappa shape index (κ2) is 7.76. The molecule has 0 spiro atoms. The van der Waals surface area contributed by atoms with E-state index in [2.05, 4.69) is 28.9 Å². The lowest BCUT2D eigenvalue weighted by atomic mass is 10.1. The van der Waals surface area contributed by atoms with Crippen molar-refractivity contribution in [2.45, 2.75) is 46.1 Å². The molecule has 2 atom stereocenters. The van der Waals surface area contributed by atoms with Gasteiger partial charge in [0.2, 0.25) is 5.89 Å². The number of hydrogen-bond donors (Lipinski definition) is 0. The fourth-order valence-electron chi connectivity index (χ4n) is 3.02. The first-order valence-electron chi connectivity index (χ1n) is 8.42. The van der Waals surface area contributed by atoms with Crippen molar-refractivity contribution in [3.8, 4) is 0 Å². The van der Waals surface area contributed by atoms with Crippen LogP contribution in [-0.4, -0.2) is 46.4 Å². The lowest BCUT2D eigenvalue weighted by Gasteiger charge is -2.35. The van der Waals surface area contributed by atoms with E-state index in [0.29, 0.717) is 11.5 Å². The van der Waals surface area contributed by atoms with Crippen molar-refractivity contribution in [3.05, 3.63) is 47.2 Å². The van der Waals surface area contributed by atoms with Crippen molar-refractivity contribution >= 4 is 5.97 Å². The van der Waals surface area contributed by atoms with E-state index in [1.807, 2.05) is 12.1 Å². The molecule has 0 bridgehead atoms. The number of aromatic nitrogens is 2. The molecule has 1 saturated heterocycles. The molecule has 0 radical (unpaired) electrons. The number of hydrogen-bond acceptors (Lipinski definition) is 7. The second-order valence-corrected chi connectivity index (χ2v) is 6.44. The van der Waals surface area contributed by atoms with Crippen LogP contribution in [0.5, 0.6) is 0 Å². The summed E-state index contributed by atoms with van der Waals surface area (Å²) in [6.45, 7) is 8.52. The predicted octanol–water partition coefficient (Wildman–Crippen LogP) is 2.34. The molecule has 2 heterocycles. The quantitative estimate of drug-likeness (QED) is 0.770. The van der Waals surface area contributed by atoms with Crippen LogP contribution in [0.15, 0.2) is 28.7 Å². The van der Waals surface area contributed by atoms with E-state index in [1.165, 1.54) is 0 Å². The van der Waals surface area contributed by atoms with Crippen LogP contribution in [0.4, 0.5) is 0 Å². The van der Waals surface area contributed by atoms with Crippen molar-refractivity contribution in [1.29, 1.82) is 0 Å². The van der Waals surface area contributed by atoms with Gasteiger partial charge in [-0.25, -0.2) is 4.79 Å². The summed E-state index contributed by atoms with van der Waals surface area (Å²) in [6.07, 6.45) is 0.484. The van der Waals surface area contributed by atoms with Crippen LogP contribution in [0.1, 0.15) is 41.6 Å². The van der Waals surface area contributed by atoms with Crippen LogP contribution in [0.3, 0.4) is 0 Å². The zero-order valence-corrected chi connectivity index (χ0v) is 14.8. The third kappa shape index (κ3) is 4.87. The SMILES string of the molecule is Cc1nnc(COC(=O)c2ccc(CN3C[C@@H](C)O[C@H](C)C3)cc2)o1. The Morgan fingerprint density at radius 1 is 1.20 bits per heavy atom. The highest BCUT2D eigenvalue weighted by Gasteiger charge is 2.22. The van der Waals surface area contributed by atoms with Crippen molar-refractivity contribution in [3.63, 3.8) is 0 Å². The number of carbonyl (C=O) groups excluding carboxylic acids is 1. The average Bonchev–Trinajstić information content (AvgIpc) is 2.98. The van der Waals surface area contributed by atoms with Crippen molar-refractivity contribution < 1.29 is 18.7 Å². The molecule has 1 aliphatic heterocycles. The number of morpholine rings is 1. The minimum Gasteiger partial charge on any atom is -0.452 e. The van der Waals surface area contributed by atoms with Crippen LogP contribution in [0.25, 0.3) is 0 Å². The molecule has 0 N–H and O–H groups in total. The molecule has 0 saturated carbocycles. The Labute approximate surface area is 146 Å². The Hall–Kier alpha value is -2.25. The molecule has 1 aliphatic rings. The normalized spacial score (nSPS) is 21.2. The number of nitrogens with zero attached hydrogens (tertiary/aromatic N) is 3. The minimum absolute atomic E-state index is 0.0228. The molecule has 1 aromatic carbocycles. The van der Waals surface area contributed by atoms with Crippen molar-refractivity contribution in [1.82, 2.24) is 15.1 Å². The lowest BCUT2D eigenvalue weighted by Crippen LogP contribution is -2.44. The molecule has 7 nitrogen and oxygen atoms in total. The van der Waals surface area contributed by atoms with Gasteiger partial charge in [-0.2, -0.15) is 0 Å². The Morgan fingerprint density at radius 3 is 2.48 bits per heavy atom. The van der Waals surface area contributed by atoms with Crippen LogP contribution >= 0.6 is 0 Å². The van der Waals surface area contributed by atoms with Crippen molar-refractivity contribution in [2.24, 2.45) is 0 Å². The summed E-state index contributed by atoms with van der Waals surface area (Å²) in [5.41, 5.74) is 1.66. The molecule has 0 aliphatic carbocycles. The first-order chi connectivity index (χ1) is 12.0. The van der Waals surface area contributed by atoms with Gasteiger partial charge in [-0.15, -0.1) is 10.2 Å². The van der Waals surface area contributed by atoms with Crippen LogP contribution in [0.2, 0.25) is 0 Å². The Bertz CT molecular complexity index is 703. The maximum Gasteiger partial charge on any atom is 0.338 e. The summed E-state index contributed by atoms with van der Waals surface area (Å²) in [5, 5.41) is 7.49. The van der Waals surface area contributed by atoms with Gasteiger partial charge >= 0.3 is 5.97 Å². The van der Waals surface area contributed by atoms with Crippen molar-refractivity contribution in [2.75, 3.05) is 13.1 Å². The van der Waals surface area contributed by atoms with Gasteiger partial charge in [0.1, 0.15) is 0 Å². The molecular formula is C18H23N3O4. The van der Waals surface area contributed by atoms with Gasteiger partial charge in [0.05, 0.1) is 17.8 Å². The summed E-state index contributed by atoms with van der Waals surface area (Å²) in [6, 6.07) is 7.48. The number of aryl methyl sites for hydroxylation is 1. The zero-order valence-electron chi connectivity index (χ0n) is 14.8. The molecule has 2 aromatic rings. The number of benzene rings is 1. The van der Waals surface area contributed by atoms with Gasteiger partial charge < -0.3 is 13.9 Å². The molecule has 1 fully saturated rings. The molecule has 134 valence electrons. The molecule has 3 rings (SSSR count). The Morgan fingerprint density at radius 2 is 1.88 bits per heavy atom. The maximum absolute atomic E-state index is 12.1. The first-order valence-corrected chi connectivity index (χ1v) is 8.42. The van der Waals surface area contributed by atoms with Gasteiger partial charge in [-0.1, -0.05) is 12.1 Å². The van der Waals surface area contributed by atoms with Crippen LogP contribution in [0, 0.1) is 6.92 Å². The Kier molecular flexibility index (Phi) is 5.45. The number of rotatable bonds is 5. The van der Waals surface area contributed by atoms with E-state index in [0.717, 1.165) is 25.2 Å². The van der Waals surface area contributed by atoms with Crippen LogP contribution < -0.4 is 0 Å². The van der Waals surface area contributed by atoms with Gasteiger partial charge in [-0.05, 0) is 31.5 Å². The maximum atomic E-state index is 12.1. The largest absolute Gasteiger partial charge is 0.452 e. The fraction of sp³-hybridized carbons (Fsp3) is 0.500. The summed E-state index contributed by atoms with van der Waals surface area (Å²) < 4.78 is 16.1. The fourth-order valence-corrected chi connectivity index (χ4v) is 3.02. The predicted molar refractivity (Wildman–Crippen MR) is 89.9 cm³/mol. The summed E-state index contributed by atoms with van der Waals surface area (Å²) in [5.74, 6) is 0.330. The van der Waals surface area contributed by atoms with Gasteiger partial charge in [-0.3, -0.25) is 4.90 Å². The third-order valence-electron chi connectivity index (χ3n) is 3.99. The average molecular weight is 345 g/mol. The highest BCUT2D eigenvalue weighted by molar-refractivity contribution is 5.89. The number of esters is 1. The van der Waals surface area contributed by atoms with Gasteiger partial charge in [0.25, 0.3) is 5.89 Å². The molecule has 25 heavy (non-hydrogen) atoms. The molecule has 0 amide bonds. The molecule has 1 aromatic heterocycles. The first kappa shape index (κ1) is 17.6. The topological polar surface area (TPSA) is 77.7 Å².